The molecule has 0 fully saturated rings. The van der Waals surface area contributed by atoms with Crippen LogP contribution in [0.25, 0.3) is 28.5 Å². The maximum atomic E-state index is 13.2. The molecule has 5 rings (SSSR count). The molecule has 0 aliphatic heterocycles. The van der Waals surface area contributed by atoms with Crippen LogP contribution in [0, 0.1) is 18.3 Å². The van der Waals surface area contributed by atoms with Crippen molar-refractivity contribution in [2.24, 2.45) is 0 Å². The zero-order valence-corrected chi connectivity index (χ0v) is 24.7. The molecule has 0 bridgehead atoms. The number of allylic oxidation sites excluding steroid dienone is 1. The number of anilines is 1. The molecular formula is C35H27N3O2S2. The van der Waals surface area contributed by atoms with Crippen molar-refractivity contribution in [1.29, 1.82) is 5.26 Å². The standard InChI is InChI=1S/C35H27N3O2S2/c1-23-10-12-26(13-11-23)32-21-30(25-7-4-3-5-8-25)31(22-36)35(38-32)42-24(2)34(40)37-28-16-14-27(15-17-28)33(39)19-18-29-9-6-20-41-29/h3-21,24H,1-2H3,(H,37,40)/b19-18+/t24-/m1/s1. The lowest BCUT2D eigenvalue weighted by Crippen LogP contribution is -2.22. The van der Waals surface area contributed by atoms with Crippen molar-refractivity contribution in [2.45, 2.75) is 24.1 Å². The van der Waals surface area contributed by atoms with Crippen molar-refractivity contribution in [3.63, 3.8) is 0 Å². The SMILES string of the molecule is Cc1ccc(-c2cc(-c3ccccc3)c(C#N)c(S[C@H](C)C(=O)Nc3ccc(C(=O)/C=C/c4cccs4)cc3)n2)cc1. The molecule has 0 aliphatic rings. The minimum absolute atomic E-state index is 0.108. The number of nitrogens with one attached hydrogen (secondary N) is 1. The highest BCUT2D eigenvalue weighted by Gasteiger charge is 2.21. The Bertz CT molecular complexity index is 1770. The number of amides is 1. The van der Waals surface area contributed by atoms with Gasteiger partial charge in [0.1, 0.15) is 11.1 Å². The number of carbonyl (C=O) groups is 2. The van der Waals surface area contributed by atoms with Crippen LogP contribution in [0.4, 0.5) is 5.69 Å². The predicted octanol–water partition coefficient (Wildman–Crippen LogP) is 8.67. The number of hydrogen-bond donors (Lipinski definition) is 1. The predicted molar refractivity (Wildman–Crippen MR) is 173 cm³/mol. The highest BCUT2D eigenvalue weighted by Crippen LogP contribution is 2.36. The highest BCUT2D eigenvalue weighted by molar-refractivity contribution is 8.00. The molecule has 0 spiro atoms. The molecule has 0 radical (unpaired) electrons. The van der Waals surface area contributed by atoms with Crippen LogP contribution in [0.3, 0.4) is 0 Å². The molecule has 7 heteroatoms. The van der Waals surface area contributed by atoms with E-state index in [0.29, 0.717) is 21.8 Å². The number of pyridine rings is 1. The third-order valence-corrected chi connectivity index (χ3v) is 8.49. The summed E-state index contributed by atoms with van der Waals surface area (Å²) >= 11 is 2.81. The quantitative estimate of drug-likeness (QED) is 0.106. The Morgan fingerprint density at radius 3 is 2.36 bits per heavy atom. The van der Waals surface area contributed by atoms with Gasteiger partial charge in [-0.1, -0.05) is 78.0 Å². The van der Waals surface area contributed by atoms with Gasteiger partial charge in [0.05, 0.1) is 16.5 Å². The second kappa shape index (κ2) is 13.3. The van der Waals surface area contributed by atoms with Crippen molar-refractivity contribution < 1.29 is 9.59 Å². The summed E-state index contributed by atoms with van der Waals surface area (Å²) in [5.74, 6) is -0.340. The number of aryl methyl sites for hydroxylation is 1. The Labute approximate surface area is 253 Å². The number of carbonyl (C=O) groups excluding carboxylic acids is 2. The third-order valence-electron chi connectivity index (χ3n) is 6.57. The zero-order valence-electron chi connectivity index (χ0n) is 23.1. The molecule has 2 aromatic heterocycles. The first kappa shape index (κ1) is 28.7. The van der Waals surface area contributed by atoms with Gasteiger partial charge in [0.25, 0.3) is 0 Å². The Kier molecular flexibility index (Phi) is 9.08. The first-order chi connectivity index (χ1) is 20.4. The number of rotatable bonds is 9. The van der Waals surface area contributed by atoms with E-state index in [-0.39, 0.29) is 11.7 Å². The number of ketones is 1. The van der Waals surface area contributed by atoms with E-state index < -0.39 is 5.25 Å². The molecule has 0 saturated heterocycles. The van der Waals surface area contributed by atoms with E-state index in [1.165, 1.54) is 11.8 Å². The van der Waals surface area contributed by atoms with Crippen LogP contribution in [0.1, 0.15) is 33.3 Å². The van der Waals surface area contributed by atoms with Gasteiger partial charge in [-0.15, -0.1) is 11.3 Å². The Morgan fingerprint density at radius 2 is 1.69 bits per heavy atom. The fourth-order valence-corrected chi connectivity index (χ4v) is 5.80. The number of hydrogen-bond acceptors (Lipinski definition) is 6. The van der Waals surface area contributed by atoms with Gasteiger partial charge in [-0.3, -0.25) is 9.59 Å². The third kappa shape index (κ3) is 6.92. The van der Waals surface area contributed by atoms with E-state index in [1.807, 2.05) is 85.1 Å². The first-order valence-electron chi connectivity index (χ1n) is 13.3. The summed E-state index contributed by atoms with van der Waals surface area (Å²) < 4.78 is 0. The summed E-state index contributed by atoms with van der Waals surface area (Å²) in [6, 6.07) is 32.8. The monoisotopic (exact) mass is 585 g/mol. The van der Waals surface area contributed by atoms with Crippen LogP contribution in [-0.2, 0) is 4.79 Å². The highest BCUT2D eigenvalue weighted by atomic mass is 32.2. The molecule has 42 heavy (non-hydrogen) atoms. The lowest BCUT2D eigenvalue weighted by atomic mass is 9.99. The summed E-state index contributed by atoms with van der Waals surface area (Å²) in [5.41, 5.74) is 6.03. The van der Waals surface area contributed by atoms with Gasteiger partial charge in [-0.05, 0) is 73.3 Å². The number of nitriles is 1. The second-order valence-corrected chi connectivity index (χ2v) is 11.9. The molecule has 1 atom stereocenters. The number of thioether (sulfide) groups is 1. The van der Waals surface area contributed by atoms with Crippen LogP contribution in [0.2, 0.25) is 0 Å². The smallest absolute Gasteiger partial charge is 0.237 e. The summed E-state index contributed by atoms with van der Waals surface area (Å²) in [6.45, 7) is 3.82. The van der Waals surface area contributed by atoms with Gasteiger partial charge in [0.2, 0.25) is 5.91 Å². The number of thiophene rings is 1. The summed E-state index contributed by atoms with van der Waals surface area (Å²) in [7, 11) is 0. The van der Waals surface area contributed by atoms with Crippen molar-refractivity contribution in [3.8, 4) is 28.5 Å². The Balaban J connectivity index is 1.35. The molecule has 0 aliphatic carbocycles. The average Bonchev–Trinajstić information content (AvgIpc) is 3.54. The fourth-order valence-electron chi connectivity index (χ4n) is 4.26. The maximum absolute atomic E-state index is 13.2. The van der Waals surface area contributed by atoms with Crippen LogP contribution in [-0.4, -0.2) is 21.9 Å². The molecule has 0 saturated carbocycles. The van der Waals surface area contributed by atoms with E-state index in [1.54, 1.807) is 54.7 Å². The van der Waals surface area contributed by atoms with Crippen LogP contribution in [0.5, 0.6) is 0 Å². The van der Waals surface area contributed by atoms with Gasteiger partial charge in [-0.25, -0.2) is 4.98 Å². The Hall–Kier alpha value is -4.77. The molecule has 1 N–H and O–H groups in total. The summed E-state index contributed by atoms with van der Waals surface area (Å²) in [4.78, 5) is 31.6. The van der Waals surface area contributed by atoms with Gasteiger partial charge < -0.3 is 5.32 Å². The maximum Gasteiger partial charge on any atom is 0.237 e. The number of benzene rings is 3. The molecule has 5 nitrogen and oxygen atoms in total. The minimum atomic E-state index is -0.545. The van der Waals surface area contributed by atoms with Crippen molar-refractivity contribution in [1.82, 2.24) is 4.98 Å². The average molecular weight is 586 g/mol. The van der Waals surface area contributed by atoms with Crippen molar-refractivity contribution in [3.05, 3.63) is 130 Å². The number of nitrogens with zero attached hydrogens (tertiary/aromatic N) is 2. The molecule has 3 aromatic carbocycles. The lowest BCUT2D eigenvalue weighted by molar-refractivity contribution is -0.115. The fraction of sp³-hybridized carbons (Fsp3) is 0.0857. The molecule has 1 amide bonds. The normalized spacial score (nSPS) is 11.6. The molecule has 206 valence electrons. The summed E-state index contributed by atoms with van der Waals surface area (Å²) in [6.07, 6.45) is 3.34. The molecule has 2 heterocycles. The number of aromatic nitrogens is 1. The van der Waals surface area contributed by atoms with Gasteiger partial charge in [0, 0.05) is 27.3 Å². The first-order valence-corrected chi connectivity index (χ1v) is 15.1. The summed E-state index contributed by atoms with van der Waals surface area (Å²) in [5, 5.41) is 15.0. The van der Waals surface area contributed by atoms with Gasteiger partial charge in [0.15, 0.2) is 5.78 Å². The molecular weight excluding hydrogens is 559 g/mol. The van der Waals surface area contributed by atoms with E-state index >= 15 is 0 Å². The van der Waals surface area contributed by atoms with E-state index in [0.717, 1.165) is 32.8 Å². The second-order valence-electron chi connectivity index (χ2n) is 9.62. The van der Waals surface area contributed by atoms with Crippen LogP contribution < -0.4 is 5.32 Å². The largest absolute Gasteiger partial charge is 0.325 e. The lowest BCUT2D eigenvalue weighted by Gasteiger charge is -2.16. The van der Waals surface area contributed by atoms with Crippen LogP contribution >= 0.6 is 23.1 Å². The van der Waals surface area contributed by atoms with Gasteiger partial charge >= 0.3 is 0 Å². The molecule has 5 aromatic rings. The molecule has 0 unspecified atom stereocenters. The topological polar surface area (TPSA) is 82.9 Å². The van der Waals surface area contributed by atoms with E-state index in [9.17, 15) is 14.9 Å². The van der Waals surface area contributed by atoms with Crippen molar-refractivity contribution >= 4 is 46.6 Å². The Morgan fingerprint density at radius 1 is 0.952 bits per heavy atom. The van der Waals surface area contributed by atoms with Crippen LogP contribution in [0.15, 0.2) is 114 Å². The zero-order chi connectivity index (χ0) is 29.5. The van der Waals surface area contributed by atoms with E-state index in [4.69, 9.17) is 4.98 Å². The van der Waals surface area contributed by atoms with Gasteiger partial charge in [-0.2, -0.15) is 5.26 Å². The van der Waals surface area contributed by atoms with E-state index in [2.05, 4.69) is 11.4 Å². The van der Waals surface area contributed by atoms with Crippen molar-refractivity contribution in [2.75, 3.05) is 5.32 Å². The minimum Gasteiger partial charge on any atom is -0.325 e.